The fourth-order valence-corrected chi connectivity index (χ4v) is 4.31. The quantitative estimate of drug-likeness (QED) is 0.163. The van der Waals surface area contributed by atoms with Crippen molar-refractivity contribution in [3.05, 3.63) is 101 Å². The monoisotopic (exact) mass is 532 g/mol. The number of benzene rings is 3. The summed E-state index contributed by atoms with van der Waals surface area (Å²) in [7, 11) is 0. The van der Waals surface area contributed by atoms with Crippen LogP contribution in [0.15, 0.2) is 89.4 Å². The van der Waals surface area contributed by atoms with Gasteiger partial charge in [0.05, 0.1) is 11.0 Å². The maximum atomic E-state index is 12.3. The number of rotatable bonds is 5. The van der Waals surface area contributed by atoms with Crippen molar-refractivity contribution in [1.29, 1.82) is 0 Å². The van der Waals surface area contributed by atoms with Crippen LogP contribution < -0.4 is 10.6 Å². The van der Waals surface area contributed by atoms with E-state index in [9.17, 15) is 4.79 Å². The van der Waals surface area contributed by atoms with Crippen molar-refractivity contribution in [2.75, 3.05) is 5.32 Å². The Bertz CT molecular complexity index is 1550. The average Bonchev–Trinajstić information content (AvgIpc) is 3.50. The Morgan fingerprint density at radius 3 is 2.44 bits per heavy atom. The number of aromatic nitrogens is 2. The summed E-state index contributed by atoms with van der Waals surface area (Å²) in [6.45, 7) is 0. The van der Waals surface area contributed by atoms with Gasteiger partial charge < -0.3 is 14.7 Å². The number of para-hydroxylation sites is 2. The first-order valence-electron chi connectivity index (χ1n) is 10.8. The number of hydrogen-bond donors (Lipinski definition) is 3. The summed E-state index contributed by atoms with van der Waals surface area (Å²) in [6, 6.07) is 24.1. The van der Waals surface area contributed by atoms with Crippen LogP contribution in [0.2, 0.25) is 10.0 Å². The molecule has 0 bridgehead atoms. The SMILES string of the molecule is O=C(/C=C/c1ccc(-c2cc(Cl)cc(Cl)c2)o1)NC(=S)Nc1ccc(-c2nc3ccccc3[nH]2)cc1. The van der Waals surface area contributed by atoms with Gasteiger partial charge in [0.1, 0.15) is 17.3 Å². The summed E-state index contributed by atoms with van der Waals surface area (Å²) in [5, 5.41) is 6.81. The van der Waals surface area contributed by atoms with Crippen molar-refractivity contribution in [3.63, 3.8) is 0 Å². The maximum Gasteiger partial charge on any atom is 0.250 e. The zero-order valence-electron chi connectivity index (χ0n) is 18.6. The van der Waals surface area contributed by atoms with Gasteiger partial charge >= 0.3 is 0 Å². The molecular formula is C27H18Cl2N4O2S. The molecule has 2 aromatic heterocycles. The van der Waals surface area contributed by atoms with Gasteiger partial charge in [-0.3, -0.25) is 10.1 Å². The van der Waals surface area contributed by atoms with Crippen LogP contribution in [-0.4, -0.2) is 21.0 Å². The third kappa shape index (κ3) is 5.66. The number of hydrogen-bond acceptors (Lipinski definition) is 4. The van der Waals surface area contributed by atoms with Gasteiger partial charge in [0.25, 0.3) is 0 Å². The van der Waals surface area contributed by atoms with E-state index >= 15 is 0 Å². The molecule has 5 aromatic rings. The van der Waals surface area contributed by atoms with Crippen molar-refractivity contribution in [2.45, 2.75) is 0 Å². The van der Waals surface area contributed by atoms with Crippen molar-refractivity contribution >= 4 is 69.2 Å². The van der Waals surface area contributed by atoms with Crippen LogP contribution in [-0.2, 0) is 4.79 Å². The minimum absolute atomic E-state index is 0.176. The standard InChI is InChI=1S/C27H18Cl2N4O2S/c28-18-13-17(14-19(29)15-18)24-11-9-21(35-24)10-12-25(34)33-27(36)30-20-7-5-16(6-8-20)26-31-22-3-1-2-4-23(22)32-26/h1-15H,(H,31,32)(H2,30,33,34,36)/b12-10+. The van der Waals surface area contributed by atoms with Gasteiger partial charge in [-0.1, -0.05) is 35.3 Å². The summed E-state index contributed by atoms with van der Waals surface area (Å²) in [4.78, 5) is 20.2. The Labute approximate surface area is 222 Å². The van der Waals surface area contributed by atoms with Gasteiger partial charge in [-0.2, -0.15) is 0 Å². The van der Waals surface area contributed by atoms with Crippen LogP contribution >= 0.6 is 35.4 Å². The van der Waals surface area contributed by atoms with E-state index in [1.54, 1.807) is 36.4 Å². The first-order valence-corrected chi connectivity index (χ1v) is 12.0. The Kier molecular flexibility index (Phi) is 6.86. The van der Waals surface area contributed by atoms with Gasteiger partial charge in [-0.25, -0.2) is 4.98 Å². The van der Waals surface area contributed by atoms with Gasteiger partial charge in [0, 0.05) is 32.9 Å². The lowest BCUT2D eigenvalue weighted by atomic mass is 10.2. The highest BCUT2D eigenvalue weighted by molar-refractivity contribution is 7.80. The molecule has 0 saturated carbocycles. The topological polar surface area (TPSA) is 82.9 Å². The van der Waals surface area contributed by atoms with Crippen LogP contribution in [0.1, 0.15) is 5.76 Å². The number of carbonyl (C=O) groups is 1. The van der Waals surface area contributed by atoms with Gasteiger partial charge in [-0.05, 0) is 85.0 Å². The van der Waals surface area contributed by atoms with Gasteiger partial charge in [-0.15, -0.1) is 0 Å². The Morgan fingerprint density at radius 2 is 1.69 bits per heavy atom. The highest BCUT2D eigenvalue weighted by Gasteiger charge is 2.08. The summed E-state index contributed by atoms with van der Waals surface area (Å²) >= 11 is 17.4. The average molecular weight is 533 g/mol. The molecule has 0 aliphatic heterocycles. The van der Waals surface area contributed by atoms with E-state index in [1.807, 2.05) is 48.5 Å². The zero-order valence-corrected chi connectivity index (χ0v) is 20.9. The second-order valence-electron chi connectivity index (χ2n) is 7.82. The third-order valence-electron chi connectivity index (χ3n) is 5.22. The second kappa shape index (κ2) is 10.4. The van der Waals surface area contributed by atoms with Crippen LogP contribution in [0.4, 0.5) is 5.69 Å². The van der Waals surface area contributed by atoms with Crippen molar-refractivity contribution in [3.8, 4) is 22.7 Å². The molecule has 36 heavy (non-hydrogen) atoms. The summed E-state index contributed by atoms with van der Waals surface area (Å²) in [5.41, 5.74) is 4.30. The molecule has 0 aliphatic carbocycles. The van der Waals surface area contributed by atoms with E-state index < -0.39 is 5.91 Å². The molecule has 0 radical (unpaired) electrons. The number of halogens is 2. The molecule has 3 aromatic carbocycles. The normalized spacial score (nSPS) is 11.2. The van der Waals surface area contributed by atoms with Gasteiger partial charge in [0.15, 0.2) is 5.11 Å². The number of nitrogens with zero attached hydrogens (tertiary/aromatic N) is 1. The number of imidazole rings is 1. The number of nitrogens with one attached hydrogen (secondary N) is 3. The maximum absolute atomic E-state index is 12.3. The summed E-state index contributed by atoms with van der Waals surface area (Å²) in [5.74, 6) is 1.47. The number of furan rings is 1. The molecule has 1 amide bonds. The molecule has 0 saturated heterocycles. The number of fused-ring (bicyclic) bond motifs is 1. The number of thiocarbonyl (C=S) groups is 1. The molecule has 0 spiro atoms. The fraction of sp³-hybridized carbons (Fsp3) is 0. The highest BCUT2D eigenvalue weighted by Crippen LogP contribution is 2.29. The second-order valence-corrected chi connectivity index (χ2v) is 9.10. The Balaban J connectivity index is 1.17. The highest BCUT2D eigenvalue weighted by atomic mass is 35.5. The molecule has 2 heterocycles. The van der Waals surface area contributed by atoms with E-state index in [0.29, 0.717) is 21.6 Å². The zero-order chi connectivity index (χ0) is 25.1. The number of anilines is 1. The number of carbonyl (C=O) groups excluding carboxylic acids is 1. The van der Waals surface area contributed by atoms with Crippen LogP contribution in [0.5, 0.6) is 0 Å². The molecule has 5 rings (SSSR count). The molecule has 9 heteroatoms. The molecule has 178 valence electrons. The lowest BCUT2D eigenvalue weighted by molar-refractivity contribution is -0.115. The van der Waals surface area contributed by atoms with Crippen molar-refractivity contribution in [2.24, 2.45) is 0 Å². The first kappa shape index (κ1) is 23.8. The van der Waals surface area contributed by atoms with Crippen molar-refractivity contribution < 1.29 is 9.21 Å². The largest absolute Gasteiger partial charge is 0.457 e. The molecular weight excluding hydrogens is 515 g/mol. The Hall–Kier alpha value is -3.91. The van der Waals surface area contributed by atoms with E-state index in [1.165, 1.54) is 6.08 Å². The van der Waals surface area contributed by atoms with Crippen LogP contribution in [0.3, 0.4) is 0 Å². The molecule has 0 unspecified atom stereocenters. The lowest BCUT2D eigenvalue weighted by Crippen LogP contribution is -2.32. The minimum Gasteiger partial charge on any atom is -0.457 e. The minimum atomic E-state index is -0.393. The van der Waals surface area contributed by atoms with Crippen LogP contribution in [0.25, 0.3) is 39.8 Å². The molecule has 0 fully saturated rings. The lowest BCUT2D eigenvalue weighted by Gasteiger charge is -2.08. The predicted molar refractivity (Wildman–Crippen MR) is 149 cm³/mol. The fourth-order valence-electron chi connectivity index (χ4n) is 3.57. The van der Waals surface area contributed by atoms with E-state index in [-0.39, 0.29) is 5.11 Å². The molecule has 6 nitrogen and oxygen atoms in total. The smallest absolute Gasteiger partial charge is 0.250 e. The van der Waals surface area contributed by atoms with Gasteiger partial charge in [0.2, 0.25) is 5.91 Å². The molecule has 3 N–H and O–H groups in total. The van der Waals surface area contributed by atoms with Crippen molar-refractivity contribution in [1.82, 2.24) is 15.3 Å². The predicted octanol–water partition coefficient (Wildman–Crippen LogP) is 7.32. The molecule has 0 atom stereocenters. The third-order valence-corrected chi connectivity index (χ3v) is 5.86. The summed E-state index contributed by atoms with van der Waals surface area (Å²) < 4.78 is 5.76. The number of aromatic amines is 1. The number of H-pyrrole nitrogens is 1. The Morgan fingerprint density at radius 1 is 0.944 bits per heavy atom. The van der Waals surface area contributed by atoms with E-state index in [2.05, 4.69) is 20.6 Å². The first-order chi connectivity index (χ1) is 17.4. The van der Waals surface area contributed by atoms with E-state index in [0.717, 1.165) is 33.7 Å². The summed E-state index contributed by atoms with van der Waals surface area (Å²) in [6.07, 6.45) is 2.89. The van der Waals surface area contributed by atoms with E-state index in [4.69, 9.17) is 39.8 Å². The molecule has 0 aliphatic rings. The van der Waals surface area contributed by atoms with Crippen LogP contribution in [0, 0.1) is 0 Å². The number of amides is 1.